The van der Waals surface area contributed by atoms with E-state index in [1.165, 1.54) is 23.1 Å². The summed E-state index contributed by atoms with van der Waals surface area (Å²) in [5, 5.41) is 11.0. The number of hydrogen-bond acceptors (Lipinski definition) is 8. The molecule has 1 amide bonds. The molecule has 0 aliphatic carbocycles. The third kappa shape index (κ3) is 4.13. The van der Waals surface area contributed by atoms with Crippen LogP contribution in [-0.2, 0) is 11.3 Å². The molecule has 2 N–H and O–H groups in total. The SMILES string of the molecule is Cc1cc(NC(=O)CSc2nc3c(sc4ccccc43)c(=O)n2Cc2ccc3c(c2)OCO3)n[nH]1. The highest BCUT2D eigenvalue weighted by Crippen LogP contribution is 2.34. The van der Waals surface area contributed by atoms with Gasteiger partial charge in [0, 0.05) is 21.8 Å². The number of aryl methyl sites for hydroxylation is 1. The van der Waals surface area contributed by atoms with Crippen molar-refractivity contribution in [1.29, 1.82) is 0 Å². The van der Waals surface area contributed by atoms with Gasteiger partial charge in [0.25, 0.3) is 5.56 Å². The zero-order chi connectivity index (χ0) is 23.9. The average molecular weight is 506 g/mol. The van der Waals surface area contributed by atoms with Crippen molar-refractivity contribution >= 4 is 55.1 Å². The second-order valence-electron chi connectivity index (χ2n) is 8.02. The van der Waals surface area contributed by atoms with Crippen molar-refractivity contribution in [3.63, 3.8) is 0 Å². The van der Waals surface area contributed by atoms with Crippen molar-refractivity contribution in [2.24, 2.45) is 0 Å². The standard InChI is InChI=1S/C24H19N5O4S2/c1-13-8-19(28-27-13)25-20(30)11-34-24-26-21-15-4-2-3-5-18(15)35-22(21)23(31)29(24)10-14-6-7-16-17(9-14)33-12-32-16/h2-9H,10-12H2,1H3,(H2,25,27,28,30). The number of nitrogens with one attached hydrogen (secondary N) is 2. The number of benzene rings is 2. The minimum absolute atomic E-state index is 0.0765. The van der Waals surface area contributed by atoms with E-state index in [1.54, 1.807) is 10.6 Å². The van der Waals surface area contributed by atoms with Crippen LogP contribution >= 0.6 is 23.1 Å². The second kappa shape index (κ2) is 8.75. The molecule has 0 fully saturated rings. The first-order valence-corrected chi connectivity index (χ1v) is 12.6. The number of aromatic amines is 1. The summed E-state index contributed by atoms with van der Waals surface area (Å²) in [5.74, 6) is 1.62. The summed E-state index contributed by atoms with van der Waals surface area (Å²) in [7, 11) is 0. The smallest absolute Gasteiger partial charge is 0.272 e. The lowest BCUT2D eigenvalue weighted by molar-refractivity contribution is -0.113. The van der Waals surface area contributed by atoms with Crippen LogP contribution < -0.4 is 20.3 Å². The van der Waals surface area contributed by atoms with Gasteiger partial charge in [-0.3, -0.25) is 19.3 Å². The molecule has 0 spiro atoms. The minimum Gasteiger partial charge on any atom is -0.454 e. The predicted octanol–water partition coefficient (Wildman–Crippen LogP) is 4.15. The molecule has 0 unspecified atom stereocenters. The van der Waals surface area contributed by atoms with Gasteiger partial charge in [-0.15, -0.1) is 11.3 Å². The summed E-state index contributed by atoms with van der Waals surface area (Å²) in [5.41, 5.74) is 2.24. The first-order valence-electron chi connectivity index (χ1n) is 10.8. The van der Waals surface area contributed by atoms with Gasteiger partial charge in [-0.25, -0.2) is 4.98 Å². The van der Waals surface area contributed by atoms with Gasteiger partial charge in [0.1, 0.15) is 4.70 Å². The molecular weight excluding hydrogens is 486 g/mol. The lowest BCUT2D eigenvalue weighted by Crippen LogP contribution is -2.24. The molecule has 176 valence electrons. The number of fused-ring (bicyclic) bond motifs is 4. The van der Waals surface area contributed by atoms with E-state index in [9.17, 15) is 9.59 Å². The summed E-state index contributed by atoms with van der Waals surface area (Å²) < 4.78 is 14.1. The highest BCUT2D eigenvalue weighted by atomic mass is 32.2. The number of nitrogens with zero attached hydrogens (tertiary/aromatic N) is 3. The highest BCUT2D eigenvalue weighted by Gasteiger charge is 2.19. The van der Waals surface area contributed by atoms with Crippen molar-refractivity contribution in [3.8, 4) is 11.5 Å². The van der Waals surface area contributed by atoms with Crippen molar-refractivity contribution in [1.82, 2.24) is 19.7 Å². The monoisotopic (exact) mass is 505 g/mol. The maximum absolute atomic E-state index is 13.6. The molecule has 0 saturated heterocycles. The number of amides is 1. The average Bonchev–Trinajstić information content (AvgIpc) is 3.58. The van der Waals surface area contributed by atoms with E-state index in [-0.39, 0.29) is 30.6 Å². The Labute approximate surface area is 207 Å². The van der Waals surface area contributed by atoms with Crippen molar-refractivity contribution in [2.75, 3.05) is 17.9 Å². The summed E-state index contributed by atoms with van der Waals surface area (Å²) >= 11 is 2.65. The number of thioether (sulfide) groups is 1. The van der Waals surface area contributed by atoms with Gasteiger partial charge in [-0.1, -0.05) is 36.0 Å². The van der Waals surface area contributed by atoms with E-state index in [2.05, 4.69) is 15.5 Å². The first kappa shape index (κ1) is 21.7. The molecule has 3 aromatic heterocycles. The fourth-order valence-electron chi connectivity index (χ4n) is 3.92. The van der Waals surface area contributed by atoms with Crippen LogP contribution in [0.5, 0.6) is 11.5 Å². The maximum atomic E-state index is 13.6. The number of ether oxygens (including phenoxy) is 2. The predicted molar refractivity (Wildman–Crippen MR) is 136 cm³/mol. The van der Waals surface area contributed by atoms with Crippen LogP contribution in [0.15, 0.2) is 58.5 Å². The lowest BCUT2D eigenvalue weighted by Gasteiger charge is -2.12. The van der Waals surface area contributed by atoms with Gasteiger partial charge >= 0.3 is 0 Å². The van der Waals surface area contributed by atoms with Crippen LogP contribution in [0.1, 0.15) is 11.3 Å². The number of rotatable bonds is 6. The number of H-pyrrole nitrogens is 1. The molecule has 11 heteroatoms. The molecular formula is C24H19N5O4S2. The normalized spacial score (nSPS) is 12.5. The molecule has 2 aromatic carbocycles. The van der Waals surface area contributed by atoms with E-state index in [1.807, 2.05) is 49.4 Å². The Bertz CT molecular complexity index is 1660. The van der Waals surface area contributed by atoms with Gasteiger partial charge in [0.15, 0.2) is 22.5 Å². The molecule has 0 radical (unpaired) electrons. The van der Waals surface area contributed by atoms with E-state index in [0.29, 0.717) is 32.7 Å². The van der Waals surface area contributed by atoms with Crippen LogP contribution in [0.2, 0.25) is 0 Å². The third-order valence-electron chi connectivity index (χ3n) is 5.53. The molecule has 0 atom stereocenters. The number of aromatic nitrogens is 4. The maximum Gasteiger partial charge on any atom is 0.272 e. The molecule has 1 aliphatic rings. The number of carbonyl (C=O) groups is 1. The Morgan fingerprint density at radius 2 is 2.06 bits per heavy atom. The van der Waals surface area contributed by atoms with E-state index >= 15 is 0 Å². The fourth-order valence-corrected chi connectivity index (χ4v) is 5.80. The van der Waals surface area contributed by atoms with Gasteiger partial charge in [0.2, 0.25) is 12.7 Å². The van der Waals surface area contributed by atoms with E-state index in [4.69, 9.17) is 14.5 Å². The van der Waals surface area contributed by atoms with Crippen LogP contribution in [0.25, 0.3) is 20.3 Å². The number of thiophene rings is 1. The Morgan fingerprint density at radius 1 is 1.20 bits per heavy atom. The molecule has 0 bridgehead atoms. The molecule has 5 aromatic rings. The Hall–Kier alpha value is -3.83. The van der Waals surface area contributed by atoms with Crippen molar-refractivity contribution in [2.45, 2.75) is 18.6 Å². The Morgan fingerprint density at radius 3 is 2.91 bits per heavy atom. The van der Waals surface area contributed by atoms with Crippen LogP contribution in [-0.4, -0.2) is 38.2 Å². The van der Waals surface area contributed by atoms with Crippen LogP contribution in [0.4, 0.5) is 5.82 Å². The Balaban J connectivity index is 1.37. The van der Waals surface area contributed by atoms with Gasteiger partial charge in [-0.05, 0) is 30.7 Å². The summed E-state index contributed by atoms with van der Waals surface area (Å²) in [6, 6.07) is 15.2. The largest absolute Gasteiger partial charge is 0.454 e. The van der Waals surface area contributed by atoms with Crippen molar-refractivity contribution < 1.29 is 14.3 Å². The molecule has 35 heavy (non-hydrogen) atoms. The highest BCUT2D eigenvalue weighted by molar-refractivity contribution is 7.99. The minimum atomic E-state index is -0.236. The molecule has 1 aliphatic heterocycles. The fraction of sp³-hybridized carbons (Fsp3) is 0.167. The zero-order valence-corrected chi connectivity index (χ0v) is 20.2. The van der Waals surface area contributed by atoms with E-state index < -0.39 is 0 Å². The topological polar surface area (TPSA) is 111 Å². The molecule has 0 saturated carbocycles. The first-order chi connectivity index (χ1) is 17.0. The van der Waals surface area contributed by atoms with Crippen LogP contribution in [0.3, 0.4) is 0 Å². The summed E-state index contributed by atoms with van der Waals surface area (Å²) in [6.07, 6.45) is 0. The van der Waals surface area contributed by atoms with Crippen molar-refractivity contribution in [3.05, 3.63) is 70.1 Å². The molecule has 4 heterocycles. The molecule has 6 rings (SSSR count). The quantitative estimate of drug-likeness (QED) is 0.263. The number of carbonyl (C=O) groups excluding carboxylic acids is 1. The summed E-state index contributed by atoms with van der Waals surface area (Å²) in [6.45, 7) is 2.32. The third-order valence-corrected chi connectivity index (χ3v) is 7.65. The lowest BCUT2D eigenvalue weighted by atomic mass is 10.2. The second-order valence-corrected chi connectivity index (χ2v) is 10.0. The number of hydrogen-bond donors (Lipinski definition) is 2. The van der Waals surface area contributed by atoms with Gasteiger partial charge in [0.05, 0.1) is 17.8 Å². The van der Waals surface area contributed by atoms with Gasteiger partial charge < -0.3 is 14.8 Å². The molecule has 9 nitrogen and oxygen atoms in total. The zero-order valence-electron chi connectivity index (χ0n) is 18.5. The summed E-state index contributed by atoms with van der Waals surface area (Å²) in [4.78, 5) is 31.1. The Kier molecular flexibility index (Phi) is 5.42. The van der Waals surface area contributed by atoms with E-state index in [0.717, 1.165) is 21.3 Å². The van der Waals surface area contributed by atoms with Gasteiger partial charge in [-0.2, -0.15) is 5.10 Å². The van der Waals surface area contributed by atoms with Crippen LogP contribution in [0, 0.1) is 6.92 Å². The number of anilines is 1.